The van der Waals surface area contributed by atoms with Gasteiger partial charge in [-0.05, 0) is 25.5 Å². The van der Waals surface area contributed by atoms with Gasteiger partial charge in [-0.1, -0.05) is 12.1 Å². The van der Waals surface area contributed by atoms with Gasteiger partial charge in [-0.15, -0.1) is 10.2 Å². The van der Waals surface area contributed by atoms with Crippen molar-refractivity contribution in [1.29, 1.82) is 0 Å². The minimum atomic E-state index is 0.626. The second kappa shape index (κ2) is 4.86. The maximum atomic E-state index is 5.99. The van der Waals surface area contributed by atoms with E-state index in [2.05, 4.69) is 22.4 Å². The lowest BCUT2D eigenvalue weighted by atomic mass is 10.2. The SMILES string of the molecule is CCn1cnnc1CNc1cccc(C)c1N. The Kier molecular flexibility index (Phi) is 3.27. The number of rotatable bonds is 4. The molecule has 0 spiro atoms. The van der Waals surface area contributed by atoms with Crippen LogP contribution in [0.3, 0.4) is 0 Å². The fourth-order valence-corrected chi connectivity index (χ4v) is 1.69. The molecule has 0 bridgehead atoms. The summed E-state index contributed by atoms with van der Waals surface area (Å²) in [5.41, 5.74) is 8.79. The number of benzene rings is 1. The summed E-state index contributed by atoms with van der Waals surface area (Å²) >= 11 is 0. The molecule has 1 heterocycles. The Bertz CT molecular complexity index is 503. The van der Waals surface area contributed by atoms with E-state index in [1.807, 2.05) is 29.7 Å². The van der Waals surface area contributed by atoms with Gasteiger partial charge in [-0.2, -0.15) is 0 Å². The number of hydrogen-bond acceptors (Lipinski definition) is 4. The van der Waals surface area contributed by atoms with Gasteiger partial charge in [0.1, 0.15) is 6.33 Å². The first-order valence-corrected chi connectivity index (χ1v) is 5.68. The van der Waals surface area contributed by atoms with Gasteiger partial charge >= 0.3 is 0 Å². The lowest BCUT2D eigenvalue weighted by Crippen LogP contribution is -2.09. The highest BCUT2D eigenvalue weighted by molar-refractivity contribution is 5.69. The van der Waals surface area contributed by atoms with Crippen molar-refractivity contribution < 1.29 is 0 Å². The molecule has 0 radical (unpaired) electrons. The van der Waals surface area contributed by atoms with E-state index < -0.39 is 0 Å². The summed E-state index contributed by atoms with van der Waals surface area (Å²) in [5, 5.41) is 11.2. The molecule has 0 saturated heterocycles. The van der Waals surface area contributed by atoms with Gasteiger partial charge in [0.05, 0.1) is 17.9 Å². The lowest BCUT2D eigenvalue weighted by Gasteiger charge is -2.11. The minimum absolute atomic E-state index is 0.626. The molecule has 0 saturated carbocycles. The van der Waals surface area contributed by atoms with Crippen LogP contribution in [0.1, 0.15) is 18.3 Å². The van der Waals surface area contributed by atoms with Crippen LogP contribution in [0.4, 0.5) is 11.4 Å². The second-order valence-corrected chi connectivity index (χ2v) is 3.92. The number of nitrogens with one attached hydrogen (secondary N) is 1. The van der Waals surface area contributed by atoms with Crippen LogP contribution in [0.5, 0.6) is 0 Å². The van der Waals surface area contributed by atoms with Crippen LogP contribution < -0.4 is 11.1 Å². The van der Waals surface area contributed by atoms with Crippen LogP contribution >= 0.6 is 0 Å². The molecule has 0 atom stereocenters. The van der Waals surface area contributed by atoms with E-state index in [0.29, 0.717) is 6.54 Å². The van der Waals surface area contributed by atoms with Crippen molar-refractivity contribution in [3.63, 3.8) is 0 Å². The molecule has 2 rings (SSSR count). The topological polar surface area (TPSA) is 68.8 Å². The van der Waals surface area contributed by atoms with Crippen molar-refractivity contribution in [2.45, 2.75) is 26.9 Å². The van der Waals surface area contributed by atoms with E-state index in [9.17, 15) is 0 Å². The van der Waals surface area contributed by atoms with Crippen molar-refractivity contribution in [3.8, 4) is 0 Å². The molecule has 17 heavy (non-hydrogen) atoms. The highest BCUT2D eigenvalue weighted by Crippen LogP contribution is 2.22. The van der Waals surface area contributed by atoms with Crippen LogP contribution in [0.15, 0.2) is 24.5 Å². The fourth-order valence-electron chi connectivity index (χ4n) is 1.69. The molecule has 0 fully saturated rings. The third kappa shape index (κ3) is 2.38. The van der Waals surface area contributed by atoms with Crippen molar-refractivity contribution in [3.05, 3.63) is 35.9 Å². The second-order valence-electron chi connectivity index (χ2n) is 3.92. The van der Waals surface area contributed by atoms with Gasteiger partial charge in [0.2, 0.25) is 0 Å². The van der Waals surface area contributed by atoms with Crippen LogP contribution in [0, 0.1) is 6.92 Å². The van der Waals surface area contributed by atoms with Crippen molar-refractivity contribution in [1.82, 2.24) is 14.8 Å². The normalized spacial score (nSPS) is 10.5. The maximum absolute atomic E-state index is 5.99. The van der Waals surface area contributed by atoms with Gasteiger partial charge in [-0.25, -0.2) is 0 Å². The molecule has 5 heteroatoms. The average Bonchev–Trinajstić information content (AvgIpc) is 2.78. The molecular formula is C12H17N5. The van der Waals surface area contributed by atoms with E-state index in [1.165, 1.54) is 0 Å². The summed E-state index contributed by atoms with van der Waals surface area (Å²) in [7, 11) is 0. The van der Waals surface area contributed by atoms with Crippen molar-refractivity contribution >= 4 is 11.4 Å². The van der Waals surface area contributed by atoms with E-state index in [4.69, 9.17) is 5.73 Å². The third-order valence-electron chi connectivity index (χ3n) is 2.80. The van der Waals surface area contributed by atoms with Gasteiger partial charge < -0.3 is 15.6 Å². The Morgan fingerprint density at radius 3 is 3.00 bits per heavy atom. The van der Waals surface area contributed by atoms with Crippen molar-refractivity contribution in [2.75, 3.05) is 11.1 Å². The zero-order valence-corrected chi connectivity index (χ0v) is 10.1. The van der Waals surface area contributed by atoms with Gasteiger partial charge in [-0.3, -0.25) is 0 Å². The molecule has 2 aromatic rings. The first-order valence-electron chi connectivity index (χ1n) is 5.68. The predicted molar refractivity (Wildman–Crippen MR) is 68.6 cm³/mol. The Morgan fingerprint density at radius 1 is 1.41 bits per heavy atom. The summed E-state index contributed by atoms with van der Waals surface area (Å²) in [6, 6.07) is 5.95. The van der Waals surface area contributed by atoms with Gasteiger partial charge in [0.15, 0.2) is 5.82 Å². The Balaban J connectivity index is 2.10. The summed E-state index contributed by atoms with van der Waals surface area (Å²) in [5.74, 6) is 0.911. The van der Waals surface area contributed by atoms with E-state index >= 15 is 0 Å². The first kappa shape index (κ1) is 11.4. The van der Waals surface area contributed by atoms with E-state index in [-0.39, 0.29) is 0 Å². The molecule has 0 amide bonds. The number of nitrogens with two attached hydrogens (primary N) is 1. The fraction of sp³-hybridized carbons (Fsp3) is 0.333. The highest BCUT2D eigenvalue weighted by Gasteiger charge is 2.04. The van der Waals surface area contributed by atoms with E-state index in [1.54, 1.807) is 6.33 Å². The molecule has 0 aliphatic rings. The number of hydrogen-bond donors (Lipinski definition) is 2. The molecule has 5 nitrogen and oxygen atoms in total. The zero-order chi connectivity index (χ0) is 12.3. The zero-order valence-electron chi connectivity index (χ0n) is 10.1. The minimum Gasteiger partial charge on any atom is -0.397 e. The predicted octanol–water partition coefficient (Wildman–Crippen LogP) is 1.80. The summed E-state index contributed by atoms with van der Waals surface area (Å²) in [6.07, 6.45) is 1.73. The molecule has 90 valence electrons. The highest BCUT2D eigenvalue weighted by atomic mass is 15.3. The number of para-hydroxylation sites is 1. The van der Waals surface area contributed by atoms with Crippen LogP contribution in [-0.4, -0.2) is 14.8 Å². The number of nitrogens with zero attached hydrogens (tertiary/aromatic N) is 3. The molecule has 1 aromatic heterocycles. The standard InChI is InChI=1S/C12H17N5/c1-3-17-8-15-16-11(17)7-14-10-6-4-5-9(2)12(10)13/h4-6,8,14H,3,7,13H2,1-2H3. The van der Waals surface area contributed by atoms with Crippen LogP contribution in [-0.2, 0) is 13.1 Å². The maximum Gasteiger partial charge on any atom is 0.152 e. The summed E-state index contributed by atoms with van der Waals surface area (Å²) in [4.78, 5) is 0. The molecule has 1 aromatic carbocycles. The molecular weight excluding hydrogens is 214 g/mol. The number of aromatic nitrogens is 3. The summed E-state index contributed by atoms with van der Waals surface area (Å²) < 4.78 is 2.00. The first-order chi connectivity index (χ1) is 8.22. The Morgan fingerprint density at radius 2 is 2.24 bits per heavy atom. The lowest BCUT2D eigenvalue weighted by molar-refractivity contribution is 0.708. The van der Waals surface area contributed by atoms with Crippen LogP contribution in [0.25, 0.3) is 0 Å². The molecule has 0 unspecified atom stereocenters. The Labute approximate surface area is 101 Å². The monoisotopic (exact) mass is 231 g/mol. The third-order valence-corrected chi connectivity index (χ3v) is 2.80. The molecule has 0 aliphatic carbocycles. The van der Waals surface area contributed by atoms with Gasteiger partial charge in [0, 0.05) is 6.54 Å². The molecule has 0 aliphatic heterocycles. The van der Waals surface area contributed by atoms with Crippen LogP contribution in [0.2, 0.25) is 0 Å². The number of anilines is 2. The Hall–Kier alpha value is -2.04. The molecule has 3 N–H and O–H groups in total. The number of aryl methyl sites for hydroxylation is 2. The smallest absolute Gasteiger partial charge is 0.152 e. The van der Waals surface area contributed by atoms with E-state index in [0.717, 1.165) is 29.3 Å². The quantitative estimate of drug-likeness (QED) is 0.787. The summed E-state index contributed by atoms with van der Waals surface area (Å²) in [6.45, 7) is 5.55. The van der Waals surface area contributed by atoms with Gasteiger partial charge in [0.25, 0.3) is 0 Å². The average molecular weight is 231 g/mol. The largest absolute Gasteiger partial charge is 0.397 e. The number of nitrogen functional groups attached to an aromatic ring is 1. The van der Waals surface area contributed by atoms with Crippen molar-refractivity contribution in [2.24, 2.45) is 0 Å².